The molecule has 1 aliphatic heterocycles. The first-order valence-electron chi connectivity index (χ1n) is 12.7. The summed E-state index contributed by atoms with van der Waals surface area (Å²) < 4.78 is 29.1. The summed E-state index contributed by atoms with van der Waals surface area (Å²) in [7, 11) is 3.34. The van der Waals surface area contributed by atoms with Crippen molar-refractivity contribution in [2.45, 2.75) is 12.6 Å². The number of carbonyl (C=O) groups excluding carboxylic acids is 1. The Balaban J connectivity index is 1.39. The van der Waals surface area contributed by atoms with Gasteiger partial charge in [-0.15, -0.1) is 0 Å². The fourth-order valence-corrected chi connectivity index (χ4v) is 5.07. The molecule has 0 saturated heterocycles. The molecule has 4 aromatic rings. The Labute approximate surface area is 253 Å². The molecule has 0 radical (unpaired) electrons. The molecule has 0 aliphatic carbocycles. The number of benzene rings is 3. The normalized spacial score (nSPS) is 14.3. The van der Waals surface area contributed by atoms with E-state index < -0.39 is 16.5 Å². The van der Waals surface area contributed by atoms with Crippen LogP contribution >= 0.6 is 27.9 Å². The van der Waals surface area contributed by atoms with Crippen molar-refractivity contribution in [2.75, 3.05) is 20.6 Å². The highest BCUT2D eigenvalue weighted by molar-refractivity contribution is 9.10. The molecule has 5 rings (SSSR count). The highest BCUT2D eigenvalue weighted by Crippen LogP contribution is 2.36. The van der Waals surface area contributed by atoms with Crippen LogP contribution in [0.15, 0.2) is 89.9 Å². The molecule has 0 bridgehead atoms. The second-order valence-corrected chi connectivity index (χ2v) is 11.6. The van der Waals surface area contributed by atoms with Gasteiger partial charge in [-0.3, -0.25) is 10.1 Å². The fourth-order valence-electron chi connectivity index (χ4n) is 4.38. The number of rotatable bonds is 9. The van der Waals surface area contributed by atoms with Crippen LogP contribution in [0.5, 0.6) is 5.75 Å². The van der Waals surface area contributed by atoms with Crippen LogP contribution in [-0.2, 0) is 11.2 Å². The van der Waals surface area contributed by atoms with Crippen molar-refractivity contribution in [2.24, 2.45) is 0 Å². The van der Waals surface area contributed by atoms with Crippen LogP contribution in [0.25, 0.3) is 16.9 Å². The van der Waals surface area contributed by atoms with Crippen molar-refractivity contribution < 1.29 is 23.6 Å². The molecule has 1 aliphatic rings. The zero-order valence-electron chi connectivity index (χ0n) is 22.5. The van der Waals surface area contributed by atoms with E-state index >= 15 is 0 Å². The Bertz CT molecular complexity index is 1630. The third-order valence-electron chi connectivity index (χ3n) is 6.31. The average Bonchev–Trinajstić information content (AvgIpc) is 3.60. The summed E-state index contributed by atoms with van der Waals surface area (Å²) in [6, 6.07) is 18.3. The lowest BCUT2D eigenvalue weighted by molar-refractivity contribution is -0.385. The van der Waals surface area contributed by atoms with Crippen LogP contribution in [0.4, 0.5) is 14.9 Å². The molecule has 2 heterocycles. The molecule has 1 atom stereocenters. The van der Waals surface area contributed by atoms with Gasteiger partial charge >= 0.3 is 11.0 Å². The van der Waals surface area contributed by atoms with E-state index in [2.05, 4.69) is 15.9 Å². The topological polar surface area (TPSA) is 103 Å². The van der Waals surface area contributed by atoms with Crippen LogP contribution in [0.1, 0.15) is 17.4 Å². The van der Waals surface area contributed by atoms with Crippen molar-refractivity contribution in [1.82, 2.24) is 19.0 Å². The van der Waals surface area contributed by atoms with E-state index in [1.807, 2.05) is 35.4 Å². The number of carbonyl (C=O) groups is 1. The number of aromatic nitrogens is 2. The quantitative estimate of drug-likeness (QED) is 0.0809. The van der Waals surface area contributed by atoms with Gasteiger partial charge in [0.15, 0.2) is 0 Å². The van der Waals surface area contributed by atoms with E-state index in [0.29, 0.717) is 24.2 Å². The lowest BCUT2D eigenvalue weighted by atomic mass is 10.1. The monoisotopic (exact) mass is 653 g/mol. The summed E-state index contributed by atoms with van der Waals surface area (Å²) >= 11 is 4.25. The van der Waals surface area contributed by atoms with Gasteiger partial charge in [0.05, 0.1) is 16.2 Å². The van der Waals surface area contributed by atoms with Gasteiger partial charge in [0, 0.05) is 47.0 Å². The predicted molar refractivity (Wildman–Crippen MR) is 160 cm³/mol. The standard InChI is InChI=1S/C29H25BrFN5O5S/c1-33(2)42-29(37)41-26-12-3-19(17-25(26)36(38)39)13-14-34-15-16-40-28(34)24-18-35(23-10-6-21(30)7-11-23)32-27(24)20-4-8-22(31)9-5-20/h3-12,15-18,28H,13-14H2,1-2H3. The molecule has 0 amide bonds. The predicted octanol–water partition coefficient (Wildman–Crippen LogP) is 7.10. The Morgan fingerprint density at radius 2 is 1.90 bits per heavy atom. The minimum Gasteiger partial charge on any atom is -0.472 e. The van der Waals surface area contributed by atoms with E-state index in [1.54, 1.807) is 49.4 Å². The van der Waals surface area contributed by atoms with Crippen molar-refractivity contribution in [3.8, 4) is 22.7 Å². The number of halogens is 2. The van der Waals surface area contributed by atoms with Gasteiger partial charge in [-0.05, 0) is 80.7 Å². The zero-order chi connectivity index (χ0) is 29.8. The summed E-state index contributed by atoms with van der Waals surface area (Å²) in [6.07, 6.45) is 5.18. The molecule has 3 aromatic carbocycles. The van der Waals surface area contributed by atoms with E-state index in [4.69, 9.17) is 14.6 Å². The minimum absolute atomic E-state index is 0.116. The maximum absolute atomic E-state index is 13.7. The second kappa shape index (κ2) is 12.8. The molecule has 0 N–H and O–H groups in total. The molecular weight excluding hydrogens is 629 g/mol. The van der Waals surface area contributed by atoms with Crippen LogP contribution in [0, 0.1) is 15.9 Å². The Morgan fingerprint density at radius 1 is 1.17 bits per heavy atom. The first-order chi connectivity index (χ1) is 20.2. The van der Waals surface area contributed by atoms with Gasteiger partial charge in [-0.2, -0.15) is 5.10 Å². The van der Waals surface area contributed by atoms with E-state index in [0.717, 1.165) is 33.2 Å². The number of nitro groups is 1. The molecule has 216 valence electrons. The Morgan fingerprint density at radius 3 is 2.60 bits per heavy atom. The van der Waals surface area contributed by atoms with Crippen LogP contribution in [0.3, 0.4) is 0 Å². The number of hydrogen-bond acceptors (Lipinski definition) is 9. The molecule has 1 aromatic heterocycles. The molecule has 13 heteroatoms. The lowest BCUT2D eigenvalue weighted by Crippen LogP contribution is -2.23. The number of ether oxygens (including phenoxy) is 2. The van der Waals surface area contributed by atoms with E-state index in [9.17, 15) is 19.3 Å². The fraction of sp³-hybridized carbons (Fsp3) is 0.172. The molecule has 10 nitrogen and oxygen atoms in total. The van der Waals surface area contributed by atoms with E-state index in [-0.39, 0.29) is 17.3 Å². The molecule has 0 fully saturated rings. The van der Waals surface area contributed by atoms with Gasteiger partial charge in [-0.25, -0.2) is 18.2 Å². The molecule has 42 heavy (non-hydrogen) atoms. The smallest absolute Gasteiger partial charge is 0.388 e. The van der Waals surface area contributed by atoms with Gasteiger partial charge in [-0.1, -0.05) is 22.0 Å². The highest BCUT2D eigenvalue weighted by atomic mass is 79.9. The number of nitro benzene ring substituents is 1. The highest BCUT2D eigenvalue weighted by Gasteiger charge is 2.29. The van der Waals surface area contributed by atoms with Gasteiger partial charge < -0.3 is 14.4 Å². The average molecular weight is 655 g/mol. The number of hydrogen-bond donors (Lipinski definition) is 0. The largest absolute Gasteiger partial charge is 0.472 e. The minimum atomic E-state index is -0.668. The summed E-state index contributed by atoms with van der Waals surface area (Å²) in [4.78, 5) is 25.1. The first-order valence-corrected chi connectivity index (χ1v) is 14.3. The van der Waals surface area contributed by atoms with Crippen molar-refractivity contribution in [1.29, 1.82) is 0 Å². The molecule has 1 unspecified atom stereocenters. The molecule has 0 spiro atoms. The van der Waals surface area contributed by atoms with Crippen molar-refractivity contribution >= 4 is 38.9 Å². The first kappa shape index (κ1) is 29.3. The third kappa shape index (κ3) is 6.81. The number of nitrogens with zero attached hydrogens (tertiary/aromatic N) is 5. The SMILES string of the molecule is CN(C)SC(=O)Oc1ccc(CCN2C=COC2c2cn(-c3ccc(Br)cc3)nc2-c2ccc(F)cc2)cc1[N+](=O)[O-]. The lowest BCUT2D eigenvalue weighted by Gasteiger charge is -2.24. The van der Waals surface area contributed by atoms with Gasteiger partial charge in [0.25, 0.3) is 0 Å². The summed E-state index contributed by atoms with van der Waals surface area (Å²) in [5, 5.41) is 15.9. The molecular formula is C29H25BrFN5O5S. The van der Waals surface area contributed by atoms with Gasteiger partial charge in [0.1, 0.15) is 17.8 Å². The summed E-state index contributed by atoms with van der Waals surface area (Å²) in [6.45, 7) is 0.459. The maximum Gasteiger partial charge on any atom is 0.388 e. The second-order valence-electron chi connectivity index (χ2n) is 9.44. The Kier molecular flexibility index (Phi) is 8.90. The Hall–Kier alpha value is -4.20. The van der Waals surface area contributed by atoms with E-state index in [1.165, 1.54) is 28.6 Å². The summed E-state index contributed by atoms with van der Waals surface area (Å²) in [5.74, 6) is -0.464. The van der Waals surface area contributed by atoms with Gasteiger partial charge in [0.2, 0.25) is 12.0 Å². The van der Waals surface area contributed by atoms with Crippen molar-refractivity contribution in [3.63, 3.8) is 0 Å². The third-order valence-corrected chi connectivity index (χ3v) is 7.43. The zero-order valence-corrected chi connectivity index (χ0v) is 24.9. The maximum atomic E-state index is 13.7. The molecule has 0 saturated carbocycles. The van der Waals surface area contributed by atoms with Crippen molar-refractivity contribution in [3.05, 3.63) is 117 Å². The van der Waals surface area contributed by atoms with Crippen LogP contribution in [0.2, 0.25) is 0 Å². The summed E-state index contributed by atoms with van der Waals surface area (Å²) in [5.41, 5.74) is 3.35. The van der Waals surface area contributed by atoms with Crippen LogP contribution in [-0.4, -0.2) is 49.9 Å². The van der Waals surface area contributed by atoms with Crippen LogP contribution < -0.4 is 4.74 Å².